The maximum absolute atomic E-state index is 6.73. The molecule has 0 radical (unpaired) electrons. The molecule has 4 heteroatoms. The monoisotopic (exact) mass is 620 g/mol. The lowest BCUT2D eigenvalue weighted by Gasteiger charge is -2.36. The largest absolute Gasteiger partial charge is 0.543 e. The first-order valence-electron chi connectivity index (χ1n) is 16.6. The van der Waals surface area contributed by atoms with Gasteiger partial charge in [-0.2, -0.15) is 0 Å². The van der Waals surface area contributed by atoms with Gasteiger partial charge in [-0.15, -0.1) is 0 Å². The summed E-state index contributed by atoms with van der Waals surface area (Å²) in [5.74, 6) is 2.98. The van der Waals surface area contributed by atoms with Gasteiger partial charge in [0.25, 0.3) is 0 Å². The van der Waals surface area contributed by atoms with Gasteiger partial charge in [0.2, 0.25) is 16.6 Å². The summed E-state index contributed by atoms with van der Waals surface area (Å²) in [7, 11) is -3.83. The van der Waals surface area contributed by atoms with Crippen molar-refractivity contribution in [1.82, 2.24) is 0 Å². The number of fused-ring (bicyclic) bond motifs is 6. The highest BCUT2D eigenvalue weighted by atomic mass is 28.4. The minimum atomic E-state index is -1.92. The SMILES string of the molecule is CC1Cc2ccc3cc(O[Si](C)(C)C(C)(C)C)ccc3c2/C1=C1\c2c(ccc3cc(O[Si](C)(C)C(C)(C)C)ccc23)CC1C. The van der Waals surface area contributed by atoms with E-state index in [9.17, 15) is 0 Å². The lowest BCUT2D eigenvalue weighted by atomic mass is 9.85. The molecular formula is C40H52O2Si2. The zero-order valence-corrected chi connectivity index (χ0v) is 31.2. The van der Waals surface area contributed by atoms with E-state index in [-0.39, 0.29) is 10.1 Å². The molecule has 2 unspecified atom stereocenters. The van der Waals surface area contributed by atoms with E-state index in [4.69, 9.17) is 8.85 Å². The third-order valence-corrected chi connectivity index (χ3v) is 20.1. The average Bonchev–Trinajstić information content (AvgIpc) is 3.41. The highest BCUT2D eigenvalue weighted by molar-refractivity contribution is 6.75. The molecule has 6 rings (SSSR count). The molecule has 4 aromatic carbocycles. The average molecular weight is 621 g/mol. The Morgan fingerprint density at radius 3 is 1.25 bits per heavy atom. The van der Waals surface area contributed by atoms with Gasteiger partial charge in [-0.1, -0.05) is 91.8 Å². The Morgan fingerprint density at radius 2 is 0.909 bits per heavy atom. The molecule has 0 N–H and O–H groups in total. The van der Waals surface area contributed by atoms with Crippen LogP contribution in [0.5, 0.6) is 11.5 Å². The molecule has 0 saturated heterocycles. The van der Waals surface area contributed by atoms with Crippen LogP contribution in [0.2, 0.25) is 36.3 Å². The van der Waals surface area contributed by atoms with Crippen molar-refractivity contribution in [3.63, 3.8) is 0 Å². The minimum absolute atomic E-state index is 0.166. The predicted octanol–water partition coefficient (Wildman–Crippen LogP) is 12.1. The van der Waals surface area contributed by atoms with Crippen molar-refractivity contribution in [2.75, 3.05) is 0 Å². The molecular weight excluding hydrogens is 569 g/mol. The van der Waals surface area contributed by atoms with E-state index in [2.05, 4.69) is 142 Å². The number of hydrogen-bond donors (Lipinski definition) is 0. The molecule has 0 aliphatic heterocycles. The fraction of sp³-hybridized carbons (Fsp3) is 0.450. The molecule has 2 nitrogen and oxygen atoms in total. The third kappa shape index (κ3) is 5.16. The van der Waals surface area contributed by atoms with Crippen molar-refractivity contribution < 1.29 is 8.85 Å². The topological polar surface area (TPSA) is 18.5 Å². The molecule has 0 heterocycles. The van der Waals surface area contributed by atoms with Crippen LogP contribution in [0.1, 0.15) is 77.6 Å². The van der Waals surface area contributed by atoms with E-state index >= 15 is 0 Å². The Kier molecular flexibility index (Phi) is 7.33. The molecule has 4 aromatic rings. The summed E-state index contributed by atoms with van der Waals surface area (Å²) in [6.45, 7) is 28.0. The summed E-state index contributed by atoms with van der Waals surface area (Å²) in [4.78, 5) is 0. The van der Waals surface area contributed by atoms with Crippen molar-refractivity contribution in [1.29, 1.82) is 0 Å². The molecule has 0 aromatic heterocycles. The zero-order valence-electron chi connectivity index (χ0n) is 29.2. The lowest BCUT2D eigenvalue weighted by molar-refractivity contribution is 0.492. The molecule has 44 heavy (non-hydrogen) atoms. The third-order valence-electron chi connectivity index (χ3n) is 11.4. The van der Waals surface area contributed by atoms with Crippen LogP contribution in [0.25, 0.3) is 32.7 Å². The summed E-state index contributed by atoms with van der Waals surface area (Å²) in [5, 5.41) is 5.62. The van der Waals surface area contributed by atoms with Gasteiger partial charge in [0, 0.05) is 0 Å². The van der Waals surface area contributed by atoms with Gasteiger partial charge in [-0.25, -0.2) is 0 Å². The van der Waals surface area contributed by atoms with Gasteiger partial charge in [-0.3, -0.25) is 0 Å². The van der Waals surface area contributed by atoms with Gasteiger partial charge in [-0.05, 0) is 140 Å². The Bertz CT molecular complexity index is 1680. The summed E-state index contributed by atoms with van der Waals surface area (Å²) in [6, 6.07) is 23.1. The van der Waals surface area contributed by atoms with Crippen LogP contribution in [0.4, 0.5) is 0 Å². The molecule has 0 fully saturated rings. The second-order valence-corrected chi connectivity index (χ2v) is 26.2. The molecule has 2 atom stereocenters. The number of allylic oxidation sites excluding steroid dienone is 2. The number of rotatable bonds is 4. The first-order chi connectivity index (χ1) is 20.4. The van der Waals surface area contributed by atoms with E-state index < -0.39 is 16.6 Å². The van der Waals surface area contributed by atoms with Crippen molar-refractivity contribution in [2.45, 2.75) is 104 Å². The minimum Gasteiger partial charge on any atom is -0.543 e. The first kappa shape index (κ1) is 31.2. The molecule has 2 aliphatic carbocycles. The van der Waals surface area contributed by atoms with Crippen molar-refractivity contribution in [2.24, 2.45) is 11.8 Å². The smallest absolute Gasteiger partial charge is 0.250 e. The first-order valence-corrected chi connectivity index (χ1v) is 22.4. The normalized spacial score (nSPS) is 20.7. The summed E-state index contributed by atoms with van der Waals surface area (Å²) >= 11 is 0. The fourth-order valence-corrected chi connectivity index (χ4v) is 8.91. The van der Waals surface area contributed by atoms with Crippen LogP contribution in [-0.2, 0) is 12.8 Å². The molecule has 232 valence electrons. The highest BCUT2D eigenvalue weighted by Gasteiger charge is 2.40. The van der Waals surface area contributed by atoms with Gasteiger partial charge >= 0.3 is 0 Å². The van der Waals surface area contributed by atoms with E-state index in [0.717, 1.165) is 24.3 Å². The van der Waals surface area contributed by atoms with Crippen molar-refractivity contribution >= 4 is 49.3 Å². The molecule has 0 bridgehead atoms. The Morgan fingerprint density at radius 1 is 0.545 bits per heavy atom. The Balaban J connectivity index is 1.48. The molecule has 2 aliphatic rings. The van der Waals surface area contributed by atoms with E-state index in [1.165, 1.54) is 43.8 Å². The van der Waals surface area contributed by atoms with Gasteiger partial charge in [0.15, 0.2) is 0 Å². The molecule has 0 amide bonds. The quantitative estimate of drug-likeness (QED) is 0.211. The van der Waals surface area contributed by atoms with Gasteiger partial charge in [0.1, 0.15) is 11.5 Å². The Labute approximate surface area is 268 Å². The van der Waals surface area contributed by atoms with Crippen LogP contribution in [0.3, 0.4) is 0 Å². The maximum atomic E-state index is 6.73. The summed E-state index contributed by atoms with van der Waals surface area (Å²) < 4.78 is 13.5. The summed E-state index contributed by atoms with van der Waals surface area (Å²) in [6.07, 6.45) is 2.20. The van der Waals surface area contributed by atoms with Crippen LogP contribution >= 0.6 is 0 Å². The van der Waals surface area contributed by atoms with Gasteiger partial charge in [0.05, 0.1) is 0 Å². The fourth-order valence-electron chi connectivity index (χ4n) is 6.86. The zero-order chi connectivity index (χ0) is 32.0. The Hall–Kier alpha value is -2.83. The van der Waals surface area contributed by atoms with Crippen LogP contribution in [-0.4, -0.2) is 16.6 Å². The van der Waals surface area contributed by atoms with E-state index in [1.807, 2.05) is 0 Å². The number of hydrogen-bond acceptors (Lipinski definition) is 2. The second kappa shape index (κ2) is 10.4. The second-order valence-electron chi connectivity index (χ2n) is 16.7. The van der Waals surface area contributed by atoms with Crippen molar-refractivity contribution in [3.8, 4) is 11.5 Å². The van der Waals surface area contributed by atoms with E-state index in [1.54, 1.807) is 11.1 Å². The number of benzene rings is 4. The molecule has 0 saturated carbocycles. The highest BCUT2D eigenvalue weighted by Crippen LogP contribution is 2.52. The predicted molar refractivity (Wildman–Crippen MR) is 196 cm³/mol. The molecule has 0 spiro atoms. The van der Waals surface area contributed by atoms with Crippen molar-refractivity contribution in [3.05, 3.63) is 82.9 Å². The van der Waals surface area contributed by atoms with Crippen LogP contribution < -0.4 is 8.85 Å². The maximum Gasteiger partial charge on any atom is 0.250 e. The lowest BCUT2D eigenvalue weighted by Crippen LogP contribution is -2.43. The summed E-state index contributed by atoms with van der Waals surface area (Å²) in [5.41, 5.74) is 9.03. The van der Waals surface area contributed by atoms with Crippen LogP contribution in [0, 0.1) is 11.8 Å². The van der Waals surface area contributed by atoms with Crippen LogP contribution in [0.15, 0.2) is 60.7 Å². The van der Waals surface area contributed by atoms with E-state index in [0.29, 0.717) is 11.8 Å². The standard InChI is InChI=1S/C40H52O2Si2/c1-25-21-29-15-13-27-23-31(41-43(9,10)39(3,4)5)17-19-33(27)37(29)35(25)36-26(2)22-30-16-14-28-24-32(18-20-34(28)38(30)36)42-44(11,12)40(6,7)8/h13-20,23-26H,21-22H2,1-12H3/b36-35-. The van der Waals surface area contributed by atoms with Gasteiger partial charge < -0.3 is 8.85 Å².